The first-order valence-electron chi connectivity index (χ1n) is 6.52. The molecule has 4 heteroatoms. The minimum Gasteiger partial charge on any atom is -0.462 e. The van der Waals surface area contributed by atoms with Gasteiger partial charge in [0, 0.05) is 11.6 Å². The van der Waals surface area contributed by atoms with Crippen LogP contribution >= 0.6 is 0 Å². The van der Waals surface area contributed by atoms with Crippen molar-refractivity contribution in [1.82, 2.24) is 0 Å². The first-order valence-corrected chi connectivity index (χ1v) is 6.52. The minimum atomic E-state index is -0.344. The molecular weight excluding hydrogens is 242 g/mol. The number of esters is 1. The van der Waals surface area contributed by atoms with E-state index in [-0.39, 0.29) is 23.2 Å². The molecule has 0 aromatic heterocycles. The molecule has 1 fully saturated rings. The molecule has 1 N–H and O–H groups in total. The van der Waals surface area contributed by atoms with Gasteiger partial charge in [0.25, 0.3) is 0 Å². The number of amides is 1. The van der Waals surface area contributed by atoms with Crippen molar-refractivity contribution in [3.63, 3.8) is 0 Å². The number of nitrogens with one attached hydrogen (secondary N) is 1. The summed E-state index contributed by atoms with van der Waals surface area (Å²) < 4.78 is 4.90. The number of hydrogen-bond donors (Lipinski definition) is 1. The third kappa shape index (κ3) is 3.13. The highest BCUT2D eigenvalue weighted by Crippen LogP contribution is 2.51. The largest absolute Gasteiger partial charge is 0.462 e. The smallest absolute Gasteiger partial charge is 0.338 e. The molecule has 1 aliphatic carbocycles. The van der Waals surface area contributed by atoms with E-state index < -0.39 is 0 Å². The van der Waals surface area contributed by atoms with Crippen LogP contribution in [0.1, 0.15) is 37.6 Å². The number of carbonyl (C=O) groups is 2. The van der Waals surface area contributed by atoms with Gasteiger partial charge in [-0.2, -0.15) is 0 Å². The highest BCUT2D eigenvalue weighted by Gasteiger charge is 2.50. The molecule has 0 spiro atoms. The normalized spacial score (nSPS) is 19.6. The SMILES string of the molecule is CCOC(=O)c1ccc(NC(=O)C2CC2(C)C)cc1. The van der Waals surface area contributed by atoms with E-state index in [4.69, 9.17) is 4.74 Å². The van der Waals surface area contributed by atoms with E-state index >= 15 is 0 Å². The zero-order valence-corrected chi connectivity index (χ0v) is 11.5. The standard InChI is InChI=1S/C15H19NO3/c1-4-19-14(18)10-5-7-11(8-6-10)16-13(17)12-9-15(12,2)3/h5-8,12H,4,9H2,1-3H3,(H,16,17). The molecule has 1 aliphatic rings. The van der Waals surface area contributed by atoms with Gasteiger partial charge in [-0.1, -0.05) is 13.8 Å². The molecule has 1 unspecified atom stereocenters. The first-order chi connectivity index (χ1) is 8.94. The third-order valence-corrected chi connectivity index (χ3v) is 3.49. The molecule has 1 atom stereocenters. The van der Waals surface area contributed by atoms with Crippen LogP contribution in [0.3, 0.4) is 0 Å². The van der Waals surface area contributed by atoms with E-state index in [0.717, 1.165) is 6.42 Å². The second kappa shape index (κ2) is 5.03. The van der Waals surface area contributed by atoms with Gasteiger partial charge >= 0.3 is 5.97 Å². The number of benzene rings is 1. The van der Waals surface area contributed by atoms with Crippen LogP contribution in [0.4, 0.5) is 5.69 Å². The molecule has 0 radical (unpaired) electrons. The average Bonchev–Trinajstić information content (AvgIpc) is 3.00. The Bertz CT molecular complexity index is 491. The second-order valence-corrected chi connectivity index (χ2v) is 5.53. The summed E-state index contributed by atoms with van der Waals surface area (Å²) >= 11 is 0. The molecule has 0 aliphatic heterocycles. The van der Waals surface area contributed by atoms with Crippen molar-refractivity contribution in [1.29, 1.82) is 0 Å². The highest BCUT2D eigenvalue weighted by atomic mass is 16.5. The fourth-order valence-electron chi connectivity index (χ4n) is 2.05. The van der Waals surface area contributed by atoms with Crippen LogP contribution in [0, 0.1) is 11.3 Å². The Morgan fingerprint density at radius 2 is 1.89 bits per heavy atom. The van der Waals surface area contributed by atoms with Crippen molar-refractivity contribution in [3.05, 3.63) is 29.8 Å². The molecule has 19 heavy (non-hydrogen) atoms. The fourth-order valence-corrected chi connectivity index (χ4v) is 2.05. The van der Waals surface area contributed by atoms with E-state index in [1.165, 1.54) is 0 Å². The van der Waals surface area contributed by atoms with Crippen LogP contribution in [0.5, 0.6) is 0 Å². The van der Waals surface area contributed by atoms with Gasteiger partial charge < -0.3 is 10.1 Å². The Balaban J connectivity index is 1.96. The van der Waals surface area contributed by atoms with Gasteiger partial charge in [-0.15, -0.1) is 0 Å². The van der Waals surface area contributed by atoms with Gasteiger partial charge in [0.15, 0.2) is 0 Å². The number of hydrogen-bond acceptors (Lipinski definition) is 3. The van der Waals surface area contributed by atoms with Crippen molar-refractivity contribution in [3.8, 4) is 0 Å². The van der Waals surface area contributed by atoms with Gasteiger partial charge in [-0.05, 0) is 43.0 Å². The Labute approximate surface area is 113 Å². The Hall–Kier alpha value is -1.84. The molecule has 0 bridgehead atoms. The summed E-state index contributed by atoms with van der Waals surface area (Å²) in [5.74, 6) is -0.199. The number of rotatable bonds is 4. The molecule has 1 aromatic rings. The van der Waals surface area contributed by atoms with E-state index in [0.29, 0.717) is 17.9 Å². The maximum atomic E-state index is 11.9. The molecule has 0 saturated heterocycles. The Morgan fingerprint density at radius 3 is 2.37 bits per heavy atom. The molecule has 0 heterocycles. The lowest BCUT2D eigenvalue weighted by atomic mass is 10.1. The fraction of sp³-hybridized carbons (Fsp3) is 0.467. The van der Waals surface area contributed by atoms with E-state index in [1.54, 1.807) is 31.2 Å². The van der Waals surface area contributed by atoms with Crippen LogP contribution in [0.15, 0.2) is 24.3 Å². The molecule has 2 rings (SSSR count). The van der Waals surface area contributed by atoms with Gasteiger partial charge in [0.2, 0.25) is 5.91 Å². The van der Waals surface area contributed by atoms with Crippen LogP contribution in [-0.4, -0.2) is 18.5 Å². The lowest BCUT2D eigenvalue weighted by Gasteiger charge is -2.07. The maximum Gasteiger partial charge on any atom is 0.338 e. The van der Waals surface area contributed by atoms with Crippen molar-refractivity contribution in [2.75, 3.05) is 11.9 Å². The van der Waals surface area contributed by atoms with E-state index in [2.05, 4.69) is 19.2 Å². The van der Waals surface area contributed by atoms with E-state index in [1.807, 2.05) is 0 Å². The summed E-state index contributed by atoms with van der Waals surface area (Å²) in [5, 5.41) is 2.87. The molecule has 102 valence electrons. The summed E-state index contributed by atoms with van der Waals surface area (Å²) in [6, 6.07) is 6.76. The van der Waals surface area contributed by atoms with Crippen molar-refractivity contribution in [2.45, 2.75) is 27.2 Å². The zero-order valence-electron chi connectivity index (χ0n) is 11.5. The summed E-state index contributed by atoms with van der Waals surface area (Å²) in [4.78, 5) is 23.4. The number of carbonyl (C=O) groups excluding carboxylic acids is 2. The predicted molar refractivity (Wildman–Crippen MR) is 72.9 cm³/mol. The van der Waals surface area contributed by atoms with Crippen molar-refractivity contribution >= 4 is 17.6 Å². The average molecular weight is 261 g/mol. The summed E-state index contributed by atoms with van der Waals surface area (Å²) in [6.07, 6.45) is 0.930. The third-order valence-electron chi connectivity index (χ3n) is 3.49. The minimum absolute atomic E-state index is 0.0499. The number of anilines is 1. The maximum absolute atomic E-state index is 11.9. The number of ether oxygens (including phenoxy) is 1. The van der Waals surface area contributed by atoms with Gasteiger partial charge in [-0.25, -0.2) is 4.79 Å². The molecule has 4 nitrogen and oxygen atoms in total. The van der Waals surface area contributed by atoms with Crippen LogP contribution in [0.2, 0.25) is 0 Å². The van der Waals surface area contributed by atoms with Crippen LogP contribution < -0.4 is 5.32 Å². The van der Waals surface area contributed by atoms with Gasteiger partial charge in [-0.3, -0.25) is 4.79 Å². The van der Waals surface area contributed by atoms with E-state index in [9.17, 15) is 9.59 Å². The van der Waals surface area contributed by atoms with Crippen LogP contribution in [-0.2, 0) is 9.53 Å². The summed E-state index contributed by atoms with van der Waals surface area (Å²) in [7, 11) is 0. The first kappa shape index (κ1) is 13.6. The summed E-state index contributed by atoms with van der Waals surface area (Å²) in [5.41, 5.74) is 1.32. The molecular formula is C15H19NO3. The lowest BCUT2D eigenvalue weighted by molar-refractivity contribution is -0.118. The Kier molecular flexibility index (Phi) is 3.60. The zero-order chi connectivity index (χ0) is 14.0. The highest BCUT2D eigenvalue weighted by molar-refractivity contribution is 5.96. The topological polar surface area (TPSA) is 55.4 Å². The molecule has 1 aromatic carbocycles. The quantitative estimate of drug-likeness (QED) is 0.848. The summed E-state index contributed by atoms with van der Waals surface area (Å²) in [6.45, 7) is 6.29. The van der Waals surface area contributed by atoms with Crippen molar-refractivity contribution < 1.29 is 14.3 Å². The molecule has 1 saturated carbocycles. The van der Waals surface area contributed by atoms with Crippen molar-refractivity contribution in [2.24, 2.45) is 11.3 Å². The second-order valence-electron chi connectivity index (χ2n) is 5.53. The Morgan fingerprint density at radius 1 is 1.32 bits per heavy atom. The monoisotopic (exact) mass is 261 g/mol. The van der Waals surface area contributed by atoms with Gasteiger partial charge in [0.05, 0.1) is 12.2 Å². The van der Waals surface area contributed by atoms with Gasteiger partial charge in [0.1, 0.15) is 0 Å². The van der Waals surface area contributed by atoms with Crippen LogP contribution in [0.25, 0.3) is 0 Å². The molecule has 1 amide bonds. The predicted octanol–water partition coefficient (Wildman–Crippen LogP) is 2.85. The lowest BCUT2D eigenvalue weighted by Crippen LogP contribution is -2.16.